The number of methoxy groups -OCH3 is 1. The smallest absolute Gasteiger partial charge is 0.158 e. The Kier molecular flexibility index (Phi) is 6.81. The van der Waals surface area contributed by atoms with Crippen molar-refractivity contribution in [2.75, 3.05) is 58.4 Å². The summed E-state index contributed by atoms with van der Waals surface area (Å²) >= 11 is 0. The molecule has 4 rings (SSSR count). The monoisotopic (exact) mass is 439 g/mol. The van der Waals surface area contributed by atoms with Gasteiger partial charge in [-0.1, -0.05) is 0 Å². The minimum absolute atomic E-state index is 0.615. The summed E-state index contributed by atoms with van der Waals surface area (Å²) in [7, 11) is 1.69. The molecule has 0 aliphatic carbocycles. The quantitative estimate of drug-likeness (QED) is 0.576. The zero-order chi connectivity index (χ0) is 22.7. The van der Waals surface area contributed by atoms with Crippen molar-refractivity contribution in [3.63, 3.8) is 0 Å². The molecule has 1 aromatic carbocycles. The van der Waals surface area contributed by atoms with Gasteiger partial charge in [0.1, 0.15) is 11.5 Å². The zero-order valence-corrected chi connectivity index (χ0v) is 19.7. The highest BCUT2D eigenvalue weighted by molar-refractivity contribution is 5.98. The van der Waals surface area contributed by atoms with E-state index in [4.69, 9.17) is 14.2 Å². The molecule has 0 atom stereocenters. The number of ether oxygens (including phenoxy) is 3. The van der Waals surface area contributed by atoms with Gasteiger partial charge in [-0.05, 0) is 39.8 Å². The summed E-state index contributed by atoms with van der Waals surface area (Å²) in [5, 5.41) is 14.7. The second kappa shape index (κ2) is 9.75. The first-order chi connectivity index (χ1) is 15.5. The van der Waals surface area contributed by atoms with Crippen LogP contribution in [0, 0.1) is 20.8 Å². The molecule has 0 unspecified atom stereocenters. The van der Waals surface area contributed by atoms with Gasteiger partial charge in [0, 0.05) is 54.4 Å². The van der Waals surface area contributed by atoms with Gasteiger partial charge in [0.15, 0.2) is 5.82 Å². The third kappa shape index (κ3) is 4.25. The number of anilines is 1. The lowest BCUT2D eigenvalue weighted by Crippen LogP contribution is -2.39. The van der Waals surface area contributed by atoms with Crippen molar-refractivity contribution in [3.05, 3.63) is 35.3 Å². The molecule has 0 amide bonds. The lowest BCUT2D eigenvalue weighted by Gasteiger charge is -2.26. The number of nitrogens with zero attached hydrogens (tertiary/aromatic N) is 4. The summed E-state index contributed by atoms with van der Waals surface area (Å²) in [6.45, 7) is 14.2. The predicted octanol–water partition coefficient (Wildman–Crippen LogP) is 3.50. The van der Waals surface area contributed by atoms with Gasteiger partial charge in [-0.2, -0.15) is 5.10 Å². The lowest BCUT2D eigenvalue weighted by atomic mass is 10.1. The molecule has 0 radical (unpaired) electrons. The molecule has 3 aromatic rings. The second-order valence-corrected chi connectivity index (χ2v) is 8.04. The van der Waals surface area contributed by atoms with Crippen LogP contribution in [0.1, 0.15) is 24.0 Å². The number of rotatable bonds is 8. The maximum atomic E-state index is 5.72. The van der Waals surface area contributed by atoms with Crippen LogP contribution in [0.15, 0.2) is 18.2 Å². The molecule has 0 bridgehead atoms. The zero-order valence-electron chi connectivity index (χ0n) is 19.7. The molecule has 32 heavy (non-hydrogen) atoms. The fourth-order valence-corrected chi connectivity index (χ4v) is 4.54. The molecule has 8 nitrogen and oxygen atoms in total. The fraction of sp³-hybridized carbons (Fsp3) is 0.500. The van der Waals surface area contributed by atoms with E-state index in [1.165, 1.54) is 0 Å². The summed E-state index contributed by atoms with van der Waals surface area (Å²) in [6, 6.07) is 5.97. The third-order valence-electron chi connectivity index (χ3n) is 6.07. The van der Waals surface area contributed by atoms with Crippen LogP contribution in [-0.4, -0.2) is 72.8 Å². The molecule has 8 heteroatoms. The number of fused-ring (bicyclic) bond motifs is 1. The Balaban J connectivity index is 1.71. The Morgan fingerprint density at radius 2 is 1.81 bits per heavy atom. The third-order valence-corrected chi connectivity index (χ3v) is 6.07. The Hall–Kier alpha value is -2.84. The van der Waals surface area contributed by atoms with Gasteiger partial charge >= 0.3 is 0 Å². The maximum Gasteiger partial charge on any atom is 0.158 e. The van der Waals surface area contributed by atoms with E-state index in [0.717, 1.165) is 90.3 Å². The average Bonchev–Trinajstić information content (AvgIpc) is 3.07. The first kappa shape index (κ1) is 22.4. The first-order valence-electron chi connectivity index (χ1n) is 11.2. The van der Waals surface area contributed by atoms with Crippen LogP contribution in [0.4, 0.5) is 5.82 Å². The van der Waals surface area contributed by atoms with Crippen molar-refractivity contribution >= 4 is 16.6 Å². The van der Waals surface area contributed by atoms with E-state index in [1.54, 1.807) is 7.11 Å². The number of hydrogen-bond acceptors (Lipinski definition) is 7. The summed E-state index contributed by atoms with van der Waals surface area (Å²) in [5.74, 6) is 2.39. The van der Waals surface area contributed by atoms with E-state index in [9.17, 15) is 0 Å². The number of aromatic nitrogens is 3. The highest BCUT2D eigenvalue weighted by Gasteiger charge is 2.21. The first-order valence-corrected chi connectivity index (χ1v) is 11.2. The molecule has 3 heterocycles. The molecule has 2 aromatic heterocycles. The van der Waals surface area contributed by atoms with Crippen LogP contribution in [0.3, 0.4) is 0 Å². The molecule has 1 aliphatic heterocycles. The van der Waals surface area contributed by atoms with Crippen LogP contribution in [0.5, 0.6) is 11.5 Å². The molecule has 1 N–H and O–H groups in total. The molecular formula is C24H33N5O3. The molecule has 1 saturated heterocycles. The van der Waals surface area contributed by atoms with Gasteiger partial charge < -0.3 is 24.1 Å². The molecule has 0 saturated carbocycles. The fourth-order valence-electron chi connectivity index (χ4n) is 4.54. The Morgan fingerprint density at radius 1 is 1.06 bits per heavy atom. The molecular weight excluding hydrogens is 406 g/mol. The van der Waals surface area contributed by atoms with Gasteiger partial charge in [0.25, 0.3) is 0 Å². The maximum absolute atomic E-state index is 5.72. The second-order valence-electron chi connectivity index (χ2n) is 8.04. The van der Waals surface area contributed by atoms with E-state index in [2.05, 4.69) is 38.8 Å². The number of aryl methyl sites for hydroxylation is 3. The lowest BCUT2D eigenvalue weighted by molar-refractivity contribution is 0.0398. The van der Waals surface area contributed by atoms with Crippen LogP contribution in [-0.2, 0) is 4.74 Å². The van der Waals surface area contributed by atoms with E-state index < -0.39 is 0 Å². The highest BCUT2D eigenvalue weighted by atomic mass is 16.5. The molecule has 172 valence electrons. The van der Waals surface area contributed by atoms with Gasteiger partial charge in [0.05, 0.1) is 38.3 Å². The Bertz CT molecular complexity index is 1090. The normalized spacial score (nSPS) is 14.7. The predicted molar refractivity (Wildman–Crippen MR) is 127 cm³/mol. The van der Waals surface area contributed by atoms with Crippen LogP contribution in [0.25, 0.3) is 16.5 Å². The number of morpholine rings is 1. The van der Waals surface area contributed by atoms with Gasteiger partial charge in [0.2, 0.25) is 0 Å². The topological polar surface area (TPSA) is 73.7 Å². The number of nitrogens with one attached hydrogen (secondary N) is 1. The average molecular weight is 440 g/mol. The Labute approximate surface area is 189 Å². The van der Waals surface area contributed by atoms with Crippen molar-refractivity contribution in [1.29, 1.82) is 0 Å². The van der Waals surface area contributed by atoms with Crippen molar-refractivity contribution in [3.8, 4) is 17.2 Å². The van der Waals surface area contributed by atoms with Crippen LogP contribution < -0.4 is 14.8 Å². The minimum atomic E-state index is 0.615. The molecule has 0 spiro atoms. The van der Waals surface area contributed by atoms with Crippen molar-refractivity contribution in [1.82, 2.24) is 19.7 Å². The molecule has 1 aliphatic rings. The number of hydrogen-bond donors (Lipinski definition) is 1. The van der Waals surface area contributed by atoms with Crippen molar-refractivity contribution in [2.24, 2.45) is 0 Å². The van der Waals surface area contributed by atoms with Gasteiger partial charge in [-0.15, -0.1) is 5.10 Å². The van der Waals surface area contributed by atoms with Crippen LogP contribution in [0.2, 0.25) is 0 Å². The number of benzene rings is 1. The van der Waals surface area contributed by atoms with Crippen LogP contribution >= 0.6 is 0 Å². The summed E-state index contributed by atoms with van der Waals surface area (Å²) in [5.41, 5.74) is 4.11. The largest absolute Gasteiger partial charge is 0.494 e. The summed E-state index contributed by atoms with van der Waals surface area (Å²) in [4.78, 5) is 2.41. The van der Waals surface area contributed by atoms with Gasteiger partial charge in [-0.25, -0.2) is 0 Å². The minimum Gasteiger partial charge on any atom is -0.494 e. The van der Waals surface area contributed by atoms with E-state index >= 15 is 0 Å². The summed E-state index contributed by atoms with van der Waals surface area (Å²) in [6.07, 6.45) is 0. The van der Waals surface area contributed by atoms with Crippen molar-refractivity contribution in [2.45, 2.75) is 27.7 Å². The van der Waals surface area contributed by atoms with E-state index in [0.29, 0.717) is 6.61 Å². The highest BCUT2D eigenvalue weighted by Crippen LogP contribution is 2.37. The SMILES string of the molecule is CCOc1ccc(-n2c(C)c3c(C)nnc(NCCN4CCOCC4)c3c2C)c(OC)c1. The Morgan fingerprint density at radius 3 is 2.53 bits per heavy atom. The van der Waals surface area contributed by atoms with Gasteiger partial charge in [-0.3, -0.25) is 4.90 Å². The van der Waals surface area contributed by atoms with E-state index in [1.807, 2.05) is 32.0 Å². The molecule has 1 fully saturated rings. The summed E-state index contributed by atoms with van der Waals surface area (Å²) < 4.78 is 19.1. The van der Waals surface area contributed by atoms with Crippen molar-refractivity contribution < 1.29 is 14.2 Å². The van der Waals surface area contributed by atoms with E-state index in [-0.39, 0.29) is 0 Å². The standard InChI is InChI=1S/C24H33N5O3/c1-6-32-19-7-8-20(21(15-19)30-5)29-17(3)22-16(2)26-27-24(23(22)18(29)4)25-9-10-28-11-13-31-14-12-28/h7-8,15H,6,9-14H2,1-5H3,(H,25,27).